The van der Waals surface area contributed by atoms with Gasteiger partial charge in [0.05, 0.1) is 12.4 Å². The lowest BCUT2D eigenvalue weighted by Gasteiger charge is -2.22. The van der Waals surface area contributed by atoms with Crippen LogP contribution in [0.3, 0.4) is 0 Å². The van der Waals surface area contributed by atoms with Gasteiger partial charge in [0.15, 0.2) is 0 Å². The first-order valence-corrected chi connectivity index (χ1v) is 8.73. The van der Waals surface area contributed by atoms with Crippen molar-refractivity contribution in [3.05, 3.63) is 17.7 Å². The van der Waals surface area contributed by atoms with E-state index in [9.17, 15) is 8.42 Å². The molecule has 106 valence electrons. The molecule has 0 saturated carbocycles. The highest BCUT2D eigenvalue weighted by molar-refractivity contribution is 8.00. The molecule has 2 rings (SSSR count). The predicted octanol–water partition coefficient (Wildman–Crippen LogP) is 2.04. The summed E-state index contributed by atoms with van der Waals surface area (Å²) in [6.07, 6.45) is 3.34. The van der Waals surface area contributed by atoms with Crippen LogP contribution in [0, 0.1) is 0 Å². The topological polar surface area (TPSA) is 63.2 Å². The van der Waals surface area contributed by atoms with Gasteiger partial charge in [0.25, 0.3) is 0 Å². The van der Waals surface area contributed by atoms with Crippen molar-refractivity contribution in [3.8, 4) is 0 Å². The number of hydrogen-bond acceptors (Lipinski definition) is 5. The third kappa shape index (κ3) is 3.59. The average Bonchev–Trinajstić information content (AvgIpc) is 2.51. The number of hydrogen-bond donors (Lipinski definition) is 0. The Balaban J connectivity index is 2.22. The van der Waals surface area contributed by atoms with E-state index in [1.54, 1.807) is 11.8 Å². The lowest BCUT2D eigenvalue weighted by molar-refractivity contribution is 0.415. The zero-order valence-corrected chi connectivity index (χ0v) is 13.2. The van der Waals surface area contributed by atoms with Crippen molar-refractivity contribution in [3.63, 3.8) is 0 Å². The molecule has 1 aliphatic rings. The first-order valence-electron chi connectivity index (χ1n) is 5.93. The Hall–Kier alpha value is -0.370. The van der Waals surface area contributed by atoms with Crippen LogP contribution in [-0.2, 0) is 10.0 Å². The zero-order valence-electron chi connectivity index (χ0n) is 10.8. The van der Waals surface area contributed by atoms with Gasteiger partial charge in [-0.05, 0) is 18.0 Å². The summed E-state index contributed by atoms with van der Waals surface area (Å²) in [5.74, 6) is 0.792. The maximum absolute atomic E-state index is 12.5. The van der Waals surface area contributed by atoms with Gasteiger partial charge in [-0.2, -0.15) is 16.1 Å². The third-order valence-corrected chi connectivity index (χ3v) is 6.45. The molecular formula is C11H16ClN3O2S2. The fraction of sp³-hybridized carbons (Fsp3) is 0.636. The molecular weight excluding hydrogens is 306 g/mol. The Kier molecular flexibility index (Phi) is 4.39. The van der Waals surface area contributed by atoms with Crippen molar-refractivity contribution in [2.45, 2.75) is 29.9 Å². The minimum Gasteiger partial charge on any atom is -0.225 e. The summed E-state index contributed by atoms with van der Waals surface area (Å²) in [6.45, 7) is 5.31. The van der Waals surface area contributed by atoms with E-state index in [4.69, 9.17) is 11.6 Å². The summed E-state index contributed by atoms with van der Waals surface area (Å²) < 4.78 is 26.5. The van der Waals surface area contributed by atoms with Crippen LogP contribution in [0.4, 0.5) is 0 Å². The molecule has 0 atom stereocenters. The highest BCUT2D eigenvalue weighted by atomic mass is 35.5. The average molecular weight is 322 g/mol. The van der Waals surface area contributed by atoms with Crippen LogP contribution in [-0.4, -0.2) is 46.3 Å². The van der Waals surface area contributed by atoms with Crippen LogP contribution >= 0.6 is 23.4 Å². The van der Waals surface area contributed by atoms with E-state index in [0.717, 1.165) is 12.2 Å². The lowest BCUT2D eigenvalue weighted by Crippen LogP contribution is -2.33. The minimum absolute atomic E-state index is 0.0477. The molecule has 8 heteroatoms. The molecule has 5 nitrogen and oxygen atoms in total. The Labute approximate surface area is 122 Å². The summed E-state index contributed by atoms with van der Waals surface area (Å²) in [4.78, 5) is 7.57. The highest BCUT2D eigenvalue weighted by Gasteiger charge is 2.31. The van der Waals surface area contributed by atoms with E-state index < -0.39 is 10.0 Å². The smallest absolute Gasteiger partial charge is 0.225 e. The molecule has 0 radical (unpaired) electrons. The monoisotopic (exact) mass is 321 g/mol. The summed E-state index contributed by atoms with van der Waals surface area (Å²) in [5, 5.41) is 0.0477. The highest BCUT2D eigenvalue weighted by Crippen LogP contribution is 2.32. The van der Waals surface area contributed by atoms with E-state index in [2.05, 4.69) is 23.8 Å². The number of aromatic nitrogens is 2. The van der Waals surface area contributed by atoms with Crippen molar-refractivity contribution in [1.82, 2.24) is 14.3 Å². The maximum atomic E-state index is 12.5. The van der Waals surface area contributed by atoms with Crippen molar-refractivity contribution in [2.24, 2.45) is 0 Å². The number of nitrogens with zero attached hydrogens (tertiary/aromatic N) is 3. The largest absolute Gasteiger partial charge is 0.246 e. The first-order chi connectivity index (χ1) is 8.81. The molecule has 19 heavy (non-hydrogen) atoms. The molecule has 1 aromatic rings. The van der Waals surface area contributed by atoms with E-state index in [1.165, 1.54) is 16.7 Å². The number of halogens is 1. The summed E-state index contributed by atoms with van der Waals surface area (Å²) in [7, 11) is -3.52. The normalized spacial score (nSPS) is 21.0. The van der Waals surface area contributed by atoms with Gasteiger partial charge in [0, 0.05) is 23.6 Å². The molecule has 1 saturated heterocycles. The SMILES string of the molecule is CC1(C)CCN(S(=O)(=O)c2cnc(Cl)nc2)CCS1. The van der Waals surface area contributed by atoms with Crippen molar-refractivity contribution in [1.29, 1.82) is 0 Å². The Bertz CT molecular complexity index is 546. The quantitative estimate of drug-likeness (QED) is 0.780. The Morgan fingerprint density at radius 1 is 1.32 bits per heavy atom. The number of rotatable bonds is 2. The molecule has 1 aromatic heterocycles. The second kappa shape index (κ2) is 5.55. The number of sulfonamides is 1. The van der Waals surface area contributed by atoms with Gasteiger partial charge in [0.2, 0.25) is 15.3 Å². The van der Waals surface area contributed by atoms with Crippen LogP contribution in [0.2, 0.25) is 5.28 Å². The van der Waals surface area contributed by atoms with Gasteiger partial charge >= 0.3 is 0 Å². The Morgan fingerprint density at radius 2 is 1.95 bits per heavy atom. The fourth-order valence-corrected chi connectivity index (χ4v) is 4.47. The third-order valence-electron chi connectivity index (χ3n) is 3.03. The van der Waals surface area contributed by atoms with Crippen LogP contribution in [0.15, 0.2) is 17.3 Å². The maximum Gasteiger partial charge on any atom is 0.246 e. The van der Waals surface area contributed by atoms with E-state index in [-0.39, 0.29) is 14.9 Å². The second-order valence-electron chi connectivity index (χ2n) is 4.95. The van der Waals surface area contributed by atoms with Crippen LogP contribution in [0.25, 0.3) is 0 Å². The minimum atomic E-state index is -3.52. The molecule has 0 bridgehead atoms. The lowest BCUT2D eigenvalue weighted by atomic mass is 10.1. The van der Waals surface area contributed by atoms with Gasteiger partial charge in [-0.1, -0.05) is 13.8 Å². The molecule has 0 aliphatic carbocycles. The molecule has 2 heterocycles. The zero-order chi connectivity index (χ0) is 14.1. The van der Waals surface area contributed by atoms with Gasteiger partial charge < -0.3 is 0 Å². The summed E-state index contributed by atoms with van der Waals surface area (Å²) in [6, 6.07) is 0. The van der Waals surface area contributed by atoms with Crippen molar-refractivity contribution < 1.29 is 8.42 Å². The van der Waals surface area contributed by atoms with Crippen molar-refractivity contribution in [2.75, 3.05) is 18.8 Å². The molecule has 0 aromatic carbocycles. The van der Waals surface area contributed by atoms with Crippen LogP contribution in [0.5, 0.6) is 0 Å². The van der Waals surface area contributed by atoms with Gasteiger partial charge in [-0.25, -0.2) is 18.4 Å². The van der Waals surface area contributed by atoms with E-state index >= 15 is 0 Å². The Morgan fingerprint density at radius 3 is 2.58 bits per heavy atom. The fourth-order valence-electron chi connectivity index (χ4n) is 1.82. The summed E-state index contributed by atoms with van der Waals surface area (Å²) >= 11 is 7.38. The van der Waals surface area contributed by atoms with E-state index in [0.29, 0.717) is 13.1 Å². The molecule has 1 fully saturated rings. The first kappa shape index (κ1) is 15.0. The molecule has 0 N–H and O–H groups in total. The molecule has 0 amide bonds. The second-order valence-corrected chi connectivity index (χ2v) is 9.03. The molecule has 0 unspecified atom stereocenters. The molecule has 1 aliphatic heterocycles. The van der Waals surface area contributed by atoms with Crippen molar-refractivity contribution >= 4 is 33.4 Å². The van der Waals surface area contributed by atoms with Gasteiger partial charge in [-0.15, -0.1) is 0 Å². The standard InChI is InChI=1S/C11H16ClN3O2S2/c1-11(2)3-4-15(5-6-18-11)19(16,17)9-7-13-10(12)14-8-9/h7-8H,3-6H2,1-2H3. The van der Waals surface area contributed by atoms with Gasteiger partial charge in [-0.3, -0.25) is 0 Å². The van der Waals surface area contributed by atoms with E-state index in [1.807, 2.05) is 0 Å². The molecule has 0 spiro atoms. The number of thioether (sulfide) groups is 1. The summed E-state index contributed by atoms with van der Waals surface area (Å²) in [5.41, 5.74) is 0. The van der Waals surface area contributed by atoms with Crippen LogP contribution in [0.1, 0.15) is 20.3 Å². The van der Waals surface area contributed by atoms with Gasteiger partial charge in [0.1, 0.15) is 4.90 Å². The van der Waals surface area contributed by atoms with Crippen LogP contribution < -0.4 is 0 Å². The predicted molar refractivity (Wildman–Crippen MR) is 77.0 cm³/mol.